The molecule has 0 unspecified atom stereocenters. The van der Waals surface area contributed by atoms with E-state index in [0.717, 1.165) is 51.3 Å². The molecule has 0 spiro atoms. The van der Waals surface area contributed by atoms with Crippen LogP contribution in [0.25, 0.3) is 0 Å². The van der Waals surface area contributed by atoms with Crippen molar-refractivity contribution >= 4 is 5.69 Å². The molecule has 0 atom stereocenters. The fourth-order valence-electron chi connectivity index (χ4n) is 5.82. The summed E-state index contributed by atoms with van der Waals surface area (Å²) in [6.07, 6.45) is 7.46. The molecule has 2 aliphatic rings. The van der Waals surface area contributed by atoms with Crippen LogP contribution in [0.4, 0.5) is 5.69 Å². The summed E-state index contributed by atoms with van der Waals surface area (Å²) < 4.78 is 6.04. The van der Waals surface area contributed by atoms with E-state index >= 15 is 0 Å². The van der Waals surface area contributed by atoms with Gasteiger partial charge in [-0.05, 0) is 80.6 Å². The molecular formula is C31H38N2O. The largest absolute Gasteiger partial charge is 0.494 e. The lowest BCUT2D eigenvalue weighted by molar-refractivity contribution is 0.205. The molecule has 0 aliphatic carbocycles. The maximum atomic E-state index is 6.04. The van der Waals surface area contributed by atoms with Gasteiger partial charge in [0.1, 0.15) is 5.75 Å². The molecule has 0 saturated carbocycles. The molecule has 5 rings (SSSR count). The number of anilines is 1. The van der Waals surface area contributed by atoms with E-state index in [-0.39, 0.29) is 5.41 Å². The van der Waals surface area contributed by atoms with Crippen molar-refractivity contribution in [1.29, 1.82) is 0 Å². The van der Waals surface area contributed by atoms with Crippen LogP contribution in [0, 0.1) is 0 Å². The van der Waals surface area contributed by atoms with E-state index in [9.17, 15) is 0 Å². The Morgan fingerprint density at radius 3 is 1.82 bits per heavy atom. The molecule has 0 aromatic heterocycles. The molecule has 3 aromatic carbocycles. The maximum absolute atomic E-state index is 6.04. The molecule has 0 radical (unpaired) electrons. The zero-order valence-electron chi connectivity index (χ0n) is 20.4. The average molecular weight is 455 g/mol. The minimum atomic E-state index is 0.0937. The number of rotatable bonds is 8. The number of likely N-dealkylation sites (tertiary alicyclic amines) is 1. The lowest BCUT2D eigenvalue weighted by Gasteiger charge is -2.43. The molecule has 2 heterocycles. The standard InChI is InChI=1S/C31H38N2O/c1-4-11-27(12-5-1)31(28-13-6-2-7-14-28)19-24-33(25-20-31)29-15-17-30(18-16-29)34-26-10-23-32-21-8-3-9-22-32/h1-2,4-7,11-18H,3,8-10,19-26H2. The zero-order chi connectivity index (χ0) is 23.1. The van der Waals surface area contributed by atoms with E-state index in [0.29, 0.717) is 0 Å². The third kappa shape index (κ3) is 5.31. The molecular weight excluding hydrogens is 416 g/mol. The second-order valence-electron chi connectivity index (χ2n) is 9.90. The highest BCUT2D eigenvalue weighted by Crippen LogP contribution is 2.42. The van der Waals surface area contributed by atoms with Gasteiger partial charge in [-0.1, -0.05) is 67.1 Å². The van der Waals surface area contributed by atoms with Crippen molar-refractivity contribution in [2.45, 2.75) is 43.9 Å². The van der Waals surface area contributed by atoms with Crippen LogP contribution in [0.5, 0.6) is 5.75 Å². The van der Waals surface area contributed by atoms with Gasteiger partial charge in [-0.25, -0.2) is 0 Å². The van der Waals surface area contributed by atoms with Gasteiger partial charge in [0.15, 0.2) is 0 Å². The lowest BCUT2D eigenvalue weighted by atomic mass is 9.68. The highest BCUT2D eigenvalue weighted by atomic mass is 16.5. The molecule has 3 aromatic rings. The summed E-state index contributed by atoms with van der Waals surface area (Å²) >= 11 is 0. The molecule has 0 N–H and O–H groups in total. The monoisotopic (exact) mass is 454 g/mol. The Morgan fingerprint density at radius 1 is 0.647 bits per heavy atom. The minimum Gasteiger partial charge on any atom is -0.494 e. The highest BCUT2D eigenvalue weighted by molar-refractivity contribution is 5.51. The summed E-state index contributed by atoms with van der Waals surface area (Å²) in [5, 5.41) is 0. The Morgan fingerprint density at radius 2 is 1.24 bits per heavy atom. The van der Waals surface area contributed by atoms with Gasteiger partial charge < -0.3 is 14.5 Å². The smallest absolute Gasteiger partial charge is 0.119 e. The zero-order valence-corrected chi connectivity index (χ0v) is 20.4. The van der Waals surface area contributed by atoms with Crippen LogP contribution in [0.3, 0.4) is 0 Å². The quantitative estimate of drug-likeness (QED) is 0.360. The number of benzene rings is 3. The predicted molar refractivity (Wildman–Crippen MR) is 142 cm³/mol. The van der Waals surface area contributed by atoms with Gasteiger partial charge >= 0.3 is 0 Å². The maximum Gasteiger partial charge on any atom is 0.119 e. The number of piperidine rings is 2. The molecule has 2 saturated heterocycles. The molecule has 2 aliphatic heterocycles. The number of ether oxygens (including phenoxy) is 1. The number of hydrogen-bond donors (Lipinski definition) is 0. The van der Waals surface area contributed by atoms with Crippen molar-refractivity contribution in [2.75, 3.05) is 44.2 Å². The van der Waals surface area contributed by atoms with E-state index in [4.69, 9.17) is 4.74 Å². The first-order chi connectivity index (χ1) is 16.8. The molecule has 34 heavy (non-hydrogen) atoms. The summed E-state index contributed by atoms with van der Waals surface area (Å²) in [5.41, 5.74) is 4.27. The summed E-state index contributed by atoms with van der Waals surface area (Å²) in [6, 6.07) is 30.9. The van der Waals surface area contributed by atoms with Crippen molar-refractivity contribution < 1.29 is 4.74 Å². The van der Waals surface area contributed by atoms with Crippen molar-refractivity contribution in [3.63, 3.8) is 0 Å². The Kier molecular flexibility index (Phi) is 7.50. The van der Waals surface area contributed by atoms with E-state index in [1.165, 1.54) is 49.2 Å². The van der Waals surface area contributed by atoms with Crippen LogP contribution in [0.15, 0.2) is 84.9 Å². The summed E-state index contributed by atoms with van der Waals surface area (Å²) in [6.45, 7) is 6.60. The van der Waals surface area contributed by atoms with E-state index in [1.54, 1.807) is 0 Å². The average Bonchev–Trinajstić information content (AvgIpc) is 2.93. The molecule has 2 fully saturated rings. The van der Waals surface area contributed by atoms with E-state index in [1.807, 2.05) is 0 Å². The second-order valence-corrected chi connectivity index (χ2v) is 9.90. The van der Waals surface area contributed by atoms with Crippen LogP contribution in [-0.2, 0) is 5.41 Å². The van der Waals surface area contributed by atoms with E-state index in [2.05, 4.69) is 94.7 Å². The number of nitrogens with zero attached hydrogens (tertiary/aromatic N) is 2. The third-order valence-electron chi connectivity index (χ3n) is 7.81. The minimum absolute atomic E-state index is 0.0937. The lowest BCUT2D eigenvalue weighted by Crippen LogP contribution is -2.43. The highest BCUT2D eigenvalue weighted by Gasteiger charge is 2.37. The topological polar surface area (TPSA) is 15.7 Å². The van der Waals surface area contributed by atoms with Crippen LogP contribution >= 0.6 is 0 Å². The van der Waals surface area contributed by atoms with Crippen LogP contribution in [-0.4, -0.2) is 44.2 Å². The fourth-order valence-corrected chi connectivity index (χ4v) is 5.82. The Hall–Kier alpha value is -2.78. The first-order valence-corrected chi connectivity index (χ1v) is 13.1. The summed E-state index contributed by atoms with van der Waals surface area (Å²) in [4.78, 5) is 5.11. The molecule has 178 valence electrons. The summed E-state index contributed by atoms with van der Waals surface area (Å²) in [5.74, 6) is 0.988. The van der Waals surface area contributed by atoms with Gasteiger partial charge in [-0.2, -0.15) is 0 Å². The van der Waals surface area contributed by atoms with E-state index < -0.39 is 0 Å². The van der Waals surface area contributed by atoms with Gasteiger partial charge in [-0.3, -0.25) is 0 Å². The first kappa shape index (κ1) is 23.0. The van der Waals surface area contributed by atoms with Crippen molar-refractivity contribution in [3.8, 4) is 5.75 Å². The van der Waals surface area contributed by atoms with Crippen molar-refractivity contribution in [1.82, 2.24) is 4.90 Å². The summed E-state index contributed by atoms with van der Waals surface area (Å²) in [7, 11) is 0. The Labute approximate surface area is 205 Å². The van der Waals surface area contributed by atoms with Crippen LogP contribution in [0.2, 0.25) is 0 Å². The van der Waals surface area contributed by atoms with Gasteiger partial charge in [0.05, 0.1) is 6.61 Å². The van der Waals surface area contributed by atoms with Crippen molar-refractivity contribution in [3.05, 3.63) is 96.1 Å². The fraction of sp³-hybridized carbons (Fsp3) is 0.419. The molecule has 0 amide bonds. The molecule has 3 nitrogen and oxygen atoms in total. The third-order valence-corrected chi connectivity index (χ3v) is 7.81. The van der Waals surface area contributed by atoms with Gasteiger partial charge in [0.25, 0.3) is 0 Å². The number of hydrogen-bond acceptors (Lipinski definition) is 3. The Bertz CT molecular complexity index is 947. The van der Waals surface area contributed by atoms with Crippen molar-refractivity contribution in [2.24, 2.45) is 0 Å². The SMILES string of the molecule is c1ccc(C2(c3ccccc3)CCN(c3ccc(OCCCN4CCCCC4)cc3)CC2)cc1. The first-order valence-electron chi connectivity index (χ1n) is 13.1. The second kappa shape index (κ2) is 11.1. The van der Waals surface area contributed by atoms with Gasteiger partial charge in [0.2, 0.25) is 0 Å². The van der Waals surface area contributed by atoms with Crippen LogP contribution < -0.4 is 9.64 Å². The van der Waals surface area contributed by atoms with Gasteiger partial charge in [0, 0.05) is 30.7 Å². The van der Waals surface area contributed by atoms with Gasteiger partial charge in [-0.15, -0.1) is 0 Å². The molecule has 3 heteroatoms. The predicted octanol–water partition coefficient (Wildman–Crippen LogP) is 6.53. The normalized spacial score (nSPS) is 18.5. The van der Waals surface area contributed by atoms with Crippen LogP contribution in [0.1, 0.15) is 49.7 Å². The Balaban J connectivity index is 1.18. The molecule has 0 bridgehead atoms.